The molecule has 0 fully saturated rings. The summed E-state index contributed by atoms with van der Waals surface area (Å²) in [5.74, 6) is -0.394. The van der Waals surface area contributed by atoms with E-state index in [-0.39, 0.29) is 0 Å². The lowest BCUT2D eigenvalue weighted by atomic mass is 10.1. The van der Waals surface area contributed by atoms with Gasteiger partial charge in [-0.15, -0.1) is 0 Å². The Labute approximate surface area is 69.0 Å². The highest BCUT2D eigenvalue weighted by molar-refractivity contribution is 5.74. The summed E-state index contributed by atoms with van der Waals surface area (Å²) < 4.78 is 4.89. The summed E-state index contributed by atoms with van der Waals surface area (Å²) in [7, 11) is 0. The number of H-pyrrole nitrogens is 1. The average Bonchev–Trinajstić information content (AvgIpc) is 2.30. The minimum absolute atomic E-state index is 0.394. The first-order valence-corrected chi connectivity index (χ1v) is 3.77. The maximum atomic E-state index is 10.8. The topological polar surface area (TPSA) is 46.0 Å². The highest BCUT2D eigenvalue weighted by atomic mass is 16.4. The molecule has 62 valence electrons. The van der Waals surface area contributed by atoms with E-state index >= 15 is 0 Å². The molecule has 2 rings (SSSR count). The van der Waals surface area contributed by atoms with Crippen LogP contribution in [-0.4, -0.2) is 4.98 Å². The highest BCUT2D eigenvalue weighted by Crippen LogP contribution is 2.15. The Balaban J connectivity index is 2.92. The van der Waals surface area contributed by atoms with Crippen LogP contribution in [0.3, 0.4) is 0 Å². The second-order valence-corrected chi connectivity index (χ2v) is 2.95. The number of hydrogen-bond acceptors (Lipinski definition) is 2. The minimum Gasteiger partial charge on any atom is -0.408 e. The number of aromatic amines is 1. The average molecular weight is 163 g/mol. The third-order valence-electron chi connectivity index (χ3n) is 2.04. The number of oxazole rings is 1. The lowest BCUT2D eigenvalue weighted by Gasteiger charge is -1.96. The van der Waals surface area contributed by atoms with Gasteiger partial charge in [-0.3, -0.25) is 4.98 Å². The van der Waals surface area contributed by atoms with Crippen LogP contribution in [0.25, 0.3) is 11.1 Å². The standard InChI is InChI=1S/C9H9NO2/c1-5-3-7-8(4-6(5)2)12-9(11)10-7/h3-4H,1-2H3,(H,10,11). The monoisotopic (exact) mass is 163 g/mol. The first-order valence-electron chi connectivity index (χ1n) is 3.77. The molecule has 1 heterocycles. The zero-order valence-corrected chi connectivity index (χ0v) is 6.97. The summed E-state index contributed by atoms with van der Waals surface area (Å²) in [6.45, 7) is 3.99. The lowest BCUT2D eigenvalue weighted by Crippen LogP contribution is -1.92. The predicted molar refractivity (Wildman–Crippen MR) is 46.3 cm³/mol. The molecule has 0 aliphatic rings. The van der Waals surface area contributed by atoms with E-state index in [1.54, 1.807) is 0 Å². The summed E-state index contributed by atoms with van der Waals surface area (Å²) in [4.78, 5) is 13.4. The SMILES string of the molecule is Cc1cc2[nH]c(=O)oc2cc1C. The van der Waals surface area contributed by atoms with Crippen LogP contribution in [0, 0.1) is 13.8 Å². The van der Waals surface area contributed by atoms with Gasteiger partial charge in [0.1, 0.15) is 0 Å². The number of hydrogen-bond donors (Lipinski definition) is 1. The highest BCUT2D eigenvalue weighted by Gasteiger charge is 2.02. The molecule has 1 aromatic heterocycles. The van der Waals surface area contributed by atoms with Crippen LogP contribution in [0.15, 0.2) is 21.3 Å². The van der Waals surface area contributed by atoms with Crippen molar-refractivity contribution in [3.63, 3.8) is 0 Å². The summed E-state index contributed by atoms with van der Waals surface area (Å²) in [6, 6.07) is 3.78. The number of rotatable bonds is 0. The molecule has 3 heteroatoms. The molecule has 2 aromatic rings. The fourth-order valence-electron chi connectivity index (χ4n) is 1.21. The third-order valence-corrected chi connectivity index (χ3v) is 2.04. The van der Waals surface area contributed by atoms with Crippen LogP contribution in [0.4, 0.5) is 0 Å². The van der Waals surface area contributed by atoms with Crippen molar-refractivity contribution in [2.75, 3.05) is 0 Å². The van der Waals surface area contributed by atoms with Gasteiger partial charge in [0.05, 0.1) is 5.52 Å². The second-order valence-electron chi connectivity index (χ2n) is 2.95. The van der Waals surface area contributed by atoms with Gasteiger partial charge in [-0.25, -0.2) is 4.79 Å². The Bertz CT molecular complexity index is 437. The Morgan fingerprint density at radius 1 is 1.25 bits per heavy atom. The van der Waals surface area contributed by atoms with E-state index in [0.29, 0.717) is 5.58 Å². The van der Waals surface area contributed by atoms with Gasteiger partial charge in [-0.2, -0.15) is 0 Å². The number of benzene rings is 1. The van der Waals surface area contributed by atoms with E-state index in [0.717, 1.165) is 16.6 Å². The molecule has 12 heavy (non-hydrogen) atoms. The van der Waals surface area contributed by atoms with Crippen LogP contribution in [0.1, 0.15) is 11.1 Å². The molecule has 0 unspecified atom stereocenters. The Hall–Kier alpha value is -1.51. The minimum atomic E-state index is -0.394. The van der Waals surface area contributed by atoms with Gasteiger partial charge >= 0.3 is 5.76 Å². The van der Waals surface area contributed by atoms with Crippen molar-refractivity contribution in [2.24, 2.45) is 0 Å². The summed E-state index contributed by atoms with van der Waals surface area (Å²) >= 11 is 0. The smallest absolute Gasteiger partial charge is 0.408 e. The van der Waals surface area contributed by atoms with E-state index < -0.39 is 5.76 Å². The summed E-state index contributed by atoms with van der Waals surface area (Å²) in [5, 5.41) is 0. The van der Waals surface area contributed by atoms with Gasteiger partial charge in [-0.05, 0) is 37.1 Å². The van der Waals surface area contributed by atoms with E-state index in [4.69, 9.17) is 4.42 Å². The molecule has 0 aliphatic heterocycles. The molecule has 0 amide bonds. The van der Waals surface area contributed by atoms with Crippen molar-refractivity contribution < 1.29 is 4.42 Å². The van der Waals surface area contributed by atoms with E-state index in [9.17, 15) is 4.79 Å². The Kier molecular flexibility index (Phi) is 1.33. The maximum Gasteiger partial charge on any atom is 0.417 e. The second kappa shape index (κ2) is 2.24. The van der Waals surface area contributed by atoms with Crippen molar-refractivity contribution in [2.45, 2.75) is 13.8 Å². The molecule has 0 spiro atoms. The maximum absolute atomic E-state index is 10.8. The van der Waals surface area contributed by atoms with Gasteiger partial charge in [0, 0.05) is 0 Å². The van der Waals surface area contributed by atoms with Crippen molar-refractivity contribution >= 4 is 11.1 Å². The van der Waals surface area contributed by atoms with Gasteiger partial charge in [-0.1, -0.05) is 0 Å². The number of aromatic nitrogens is 1. The van der Waals surface area contributed by atoms with Gasteiger partial charge in [0.2, 0.25) is 0 Å². The first-order chi connectivity index (χ1) is 5.66. The van der Waals surface area contributed by atoms with E-state index in [1.165, 1.54) is 0 Å². The Morgan fingerprint density at radius 2 is 1.92 bits per heavy atom. The van der Waals surface area contributed by atoms with Crippen LogP contribution in [-0.2, 0) is 0 Å². The molecule has 0 atom stereocenters. The molecule has 3 nitrogen and oxygen atoms in total. The molecule has 1 aromatic carbocycles. The molecule has 0 saturated carbocycles. The molecule has 0 radical (unpaired) electrons. The van der Waals surface area contributed by atoms with Crippen molar-refractivity contribution in [1.82, 2.24) is 4.98 Å². The van der Waals surface area contributed by atoms with Crippen molar-refractivity contribution in [3.8, 4) is 0 Å². The van der Waals surface area contributed by atoms with Crippen molar-refractivity contribution in [1.29, 1.82) is 0 Å². The largest absolute Gasteiger partial charge is 0.417 e. The van der Waals surface area contributed by atoms with Crippen molar-refractivity contribution in [3.05, 3.63) is 33.8 Å². The zero-order valence-electron chi connectivity index (χ0n) is 6.97. The van der Waals surface area contributed by atoms with Gasteiger partial charge in [0.25, 0.3) is 0 Å². The first kappa shape index (κ1) is 7.16. The van der Waals surface area contributed by atoms with Crippen LogP contribution >= 0.6 is 0 Å². The van der Waals surface area contributed by atoms with E-state index in [2.05, 4.69) is 4.98 Å². The normalized spacial score (nSPS) is 10.8. The van der Waals surface area contributed by atoms with Crippen LogP contribution in [0.5, 0.6) is 0 Å². The van der Waals surface area contributed by atoms with Gasteiger partial charge in [0.15, 0.2) is 5.58 Å². The van der Waals surface area contributed by atoms with E-state index in [1.807, 2.05) is 26.0 Å². The van der Waals surface area contributed by atoms with Crippen LogP contribution in [0.2, 0.25) is 0 Å². The summed E-state index contributed by atoms with van der Waals surface area (Å²) in [5.41, 5.74) is 3.68. The van der Waals surface area contributed by atoms with Gasteiger partial charge < -0.3 is 4.42 Å². The Morgan fingerprint density at radius 3 is 2.67 bits per heavy atom. The van der Waals surface area contributed by atoms with Crippen LogP contribution < -0.4 is 5.76 Å². The predicted octanol–water partition coefficient (Wildman–Crippen LogP) is 1.74. The fraction of sp³-hybridized carbons (Fsp3) is 0.222. The number of nitrogens with one attached hydrogen (secondary N) is 1. The molecular weight excluding hydrogens is 154 g/mol. The molecule has 0 aliphatic carbocycles. The molecule has 1 N–H and O–H groups in total. The number of fused-ring (bicyclic) bond motifs is 1. The summed E-state index contributed by atoms with van der Waals surface area (Å²) in [6.07, 6.45) is 0. The molecule has 0 saturated heterocycles. The lowest BCUT2D eigenvalue weighted by molar-refractivity contribution is 0.555. The molecular formula is C9H9NO2. The zero-order chi connectivity index (χ0) is 8.72. The third kappa shape index (κ3) is 0.942. The quantitative estimate of drug-likeness (QED) is 0.643. The molecule has 0 bridgehead atoms. The number of aryl methyl sites for hydroxylation is 2. The fourth-order valence-corrected chi connectivity index (χ4v) is 1.21.